The molecule has 0 saturated carbocycles. The molecule has 28 heavy (non-hydrogen) atoms. The molecule has 6 nitrogen and oxygen atoms in total. The van der Waals surface area contributed by atoms with Crippen molar-refractivity contribution >= 4 is 19.9 Å². The molecular formula is C20H28N2O4S2. The molecule has 2 aromatic rings. The zero-order chi connectivity index (χ0) is 21.2. The normalized spacial score (nSPS) is 14.0. The van der Waals surface area contributed by atoms with E-state index in [0.29, 0.717) is 5.56 Å². The highest BCUT2D eigenvalue weighted by Crippen LogP contribution is 2.21. The van der Waals surface area contributed by atoms with E-state index in [1.807, 2.05) is 51.1 Å². The summed E-state index contributed by atoms with van der Waals surface area (Å²) in [5.41, 5.74) is 1.07. The maximum absolute atomic E-state index is 12.8. The van der Waals surface area contributed by atoms with Gasteiger partial charge in [-0.2, -0.15) is 0 Å². The molecule has 0 radical (unpaired) electrons. The molecule has 1 unspecified atom stereocenters. The van der Waals surface area contributed by atoms with Crippen molar-refractivity contribution in [2.75, 3.05) is 12.8 Å². The molecular weight excluding hydrogens is 396 g/mol. The van der Waals surface area contributed by atoms with Gasteiger partial charge in [-0.1, -0.05) is 36.4 Å². The van der Waals surface area contributed by atoms with E-state index >= 15 is 0 Å². The van der Waals surface area contributed by atoms with E-state index in [-0.39, 0.29) is 22.4 Å². The molecule has 0 aliphatic rings. The van der Waals surface area contributed by atoms with E-state index < -0.39 is 25.4 Å². The Morgan fingerprint density at radius 1 is 1.00 bits per heavy atom. The third-order valence-electron chi connectivity index (χ3n) is 4.49. The highest BCUT2D eigenvalue weighted by Gasteiger charge is 2.26. The minimum Gasteiger partial charge on any atom is -0.304 e. The lowest BCUT2D eigenvalue weighted by Gasteiger charge is -2.31. The fourth-order valence-electron chi connectivity index (χ4n) is 2.92. The van der Waals surface area contributed by atoms with Crippen LogP contribution in [0.15, 0.2) is 58.3 Å². The van der Waals surface area contributed by atoms with Crippen LogP contribution in [-0.4, -0.2) is 35.2 Å². The van der Waals surface area contributed by atoms with Gasteiger partial charge in [0.05, 0.1) is 9.79 Å². The molecule has 8 heteroatoms. The first kappa shape index (κ1) is 22.5. The quantitative estimate of drug-likeness (QED) is 0.680. The minimum atomic E-state index is -3.86. The molecule has 0 bridgehead atoms. The number of sulfone groups is 1. The molecule has 0 fully saturated rings. The predicted molar refractivity (Wildman–Crippen MR) is 112 cm³/mol. The Labute approximate surface area is 168 Å². The van der Waals surface area contributed by atoms with Gasteiger partial charge >= 0.3 is 0 Å². The van der Waals surface area contributed by atoms with Gasteiger partial charge in [0.25, 0.3) is 0 Å². The van der Waals surface area contributed by atoms with Crippen LogP contribution in [-0.2, 0) is 19.9 Å². The Bertz CT molecular complexity index is 1030. The van der Waals surface area contributed by atoms with Gasteiger partial charge in [0.1, 0.15) is 0 Å². The fourth-order valence-corrected chi connectivity index (χ4v) is 5.12. The molecule has 0 aliphatic carbocycles. The van der Waals surface area contributed by atoms with Crippen LogP contribution in [0, 0.1) is 6.92 Å². The van der Waals surface area contributed by atoms with Crippen molar-refractivity contribution in [2.45, 2.75) is 49.1 Å². The monoisotopic (exact) mass is 424 g/mol. The highest BCUT2D eigenvalue weighted by molar-refractivity contribution is 7.91. The third-order valence-corrected chi connectivity index (χ3v) is 7.14. The van der Waals surface area contributed by atoms with Crippen LogP contribution in [0.4, 0.5) is 0 Å². The van der Waals surface area contributed by atoms with Gasteiger partial charge in [-0.25, -0.2) is 21.6 Å². The molecule has 0 aromatic heterocycles. The van der Waals surface area contributed by atoms with Crippen molar-refractivity contribution in [1.29, 1.82) is 0 Å². The summed E-state index contributed by atoms with van der Waals surface area (Å²) >= 11 is 0. The first-order chi connectivity index (χ1) is 12.8. The van der Waals surface area contributed by atoms with Crippen LogP contribution in [0.3, 0.4) is 0 Å². The number of benzene rings is 2. The van der Waals surface area contributed by atoms with Crippen molar-refractivity contribution in [3.8, 4) is 0 Å². The van der Waals surface area contributed by atoms with Gasteiger partial charge in [-0.15, -0.1) is 0 Å². The summed E-state index contributed by atoms with van der Waals surface area (Å²) in [6.45, 7) is 7.63. The lowest BCUT2D eigenvalue weighted by atomic mass is 10.0. The predicted octanol–water partition coefficient (Wildman–Crippen LogP) is 2.81. The maximum Gasteiger partial charge on any atom is 0.240 e. The summed E-state index contributed by atoms with van der Waals surface area (Å²) in [6, 6.07) is 14.1. The van der Waals surface area contributed by atoms with E-state index in [1.165, 1.54) is 18.2 Å². The summed E-state index contributed by atoms with van der Waals surface area (Å²) in [5.74, 6) is 0. The zero-order valence-electron chi connectivity index (χ0n) is 16.9. The summed E-state index contributed by atoms with van der Waals surface area (Å²) < 4.78 is 51.8. The number of aryl methyl sites for hydroxylation is 1. The lowest BCUT2D eigenvalue weighted by molar-refractivity contribution is 0.346. The molecule has 0 saturated heterocycles. The number of sulfonamides is 1. The van der Waals surface area contributed by atoms with Crippen LogP contribution in [0.5, 0.6) is 0 Å². The van der Waals surface area contributed by atoms with Crippen molar-refractivity contribution in [3.63, 3.8) is 0 Å². The molecule has 0 heterocycles. The van der Waals surface area contributed by atoms with E-state index in [0.717, 1.165) is 11.8 Å². The maximum atomic E-state index is 12.8. The number of rotatable bonds is 8. The zero-order valence-corrected chi connectivity index (χ0v) is 18.5. The fraction of sp³-hybridized carbons (Fsp3) is 0.400. The average Bonchev–Trinajstić information content (AvgIpc) is 2.60. The van der Waals surface area contributed by atoms with Gasteiger partial charge in [0.15, 0.2) is 9.84 Å². The van der Waals surface area contributed by atoms with E-state index in [9.17, 15) is 16.8 Å². The molecule has 2 rings (SSSR count). The largest absolute Gasteiger partial charge is 0.304 e. The smallest absolute Gasteiger partial charge is 0.240 e. The topological polar surface area (TPSA) is 92.3 Å². The summed E-state index contributed by atoms with van der Waals surface area (Å²) in [7, 11) is -7.36. The van der Waals surface area contributed by atoms with Crippen LogP contribution in [0.2, 0.25) is 0 Å². The summed E-state index contributed by atoms with van der Waals surface area (Å²) in [4.78, 5) is -0.0455. The molecule has 1 atom stereocenters. The Balaban J connectivity index is 2.16. The van der Waals surface area contributed by atoms with E-state index in [4.69, 9.17) is 0 Å². The van der Waals surface area contributed by atoms with Crippen LogP contribution < -0.4 is 10.0 Å². The molecule has 0 spiro atoms. The average molecular weight is 425 g/mol. The first-order valence-electron chi connectivity index (χ1n) is 8.95. The van der Waals surface area contributed by atoms with Gasteiger partial charge in [-0.05, 0) is 51.0 Å². The molecule has 2 N–H and O–H groups in total. The SMILES string of the molecule is Cc1ccc(S(C)(=O)=O)cc1S(=O)(=O)NCC(C)(C)NC(C)c1ccccc1. The second-order valence-electron chi connectivity index (χ2n) is 7.68. The van der Waals surface area contributed by atoms with Crippen molar-refractivity contribution in [3.05, 3.63) is 59.7 Å². The van der Waals surface area contributed by atoms with Crippen LogP contribution >= 0.6 is 0 Å². The Kier molecular flexibility index (Phi) is 6.70. The second-order valence-corrected chi connectivity index (χ2v) is 11.4. The van der Waals surface area contributed by atoms with Crippen LogP contribution in [0.1, 0.15) is 37.9 Å². The van der Waals surface area contributed by atoms with Crippen molar-refractivity contribution in [1.82, 2.24) is 10.0 Å². The third kappa shape index (κ3) is 5.88. The Hall–Kier alpha value is -1.74. The number of hydrogen-bond acceptors (Lipinski definition) is 5. The second kappa shape index (κ2) is 8.32. The molecule has 2 aromatic carbocycles. The highest BCUT2D eigenvalue weighted by atomic mass is 32.2. The van der Waals surface area contributed by atoms with Gasteiger partial charge < -0.3 is 5.32 Å². The van der Waals surface area contributed by atoms with Gasteiger partial charge in [0.2, 0.25) is 10.0 Å². The van der Waals surface area contributed by atoms with Crippen molar-refractivity contribution < 1.29 is 16.8 Å². The number of nitrogens with one attached hydrogen (secondary N) is 2. The minimum absolute atomic E-state index is 0.0199. The van der Waals surface area contributed by atoms with Gasteiger partial charge in [-0.3, -0.25) is 0 Å². The summed E-state index contributed by atoms with van der Waals surface area (Å²) in [6.07, 6.45) is 1.06. The summed E-state index contributed by atoms with van der Waals surface area (Å²) in [5, 5.41) is 3.42. The molecule has 154 valence electrons. The number of hydrogen-bond donors (Lipinski definition) is 2. The van der Waals surface area contributed by atoms with E-state index in [1.54, 1.807) is 6.92 Å². The lowest BCUT2D eigenvalue weighted by Crippen LogP contribution is -2.49. The van der Waals surface area contributed by atoms with Crippen molar-refractivity contribution in [2.24, 2.45) is 0 Å². The first-order valence-corrected chi connectivity index (χ1v) is 12.3. The Morgan fingerprint density at radius 3 is 2.18 bits per heavy atom. The van der Waals surface area contributed by atoms with Gasteiger partial charge in [0, 0.05) is 24.4 Å². The standard InChI is InChI=1S/C20H28N2O4S2/c1-15-11-12-18(27(5,23)24)13-19(15)28(25,26)21-14-20(3,4)22-16(2)17-9-7-6-8-10-17/h6-13,16,21-22H,14H2,1-5H3. The van der Waals surface area contributed by atoms with Crippen LogP contribution in [0.25, 0.3) is 0 Å². The molecule has 0 aliphatic heterocycles. The van der Waals surface area contributed by atoms with E-state index in [2.05, 4.69) is 10.0 Å². The Morgan fingerprint density at radius 2 is 1.61 bits per heavy atom. The molecule has 0 amide bonds.